The molecule has 5 heteroatoms. The summed E-state index contributed by atoms with van der Waals surface area (Å²) in [5.41, 5.74) is 3.51. The smallest absolute Gasteiger partial charge is 0.223 e. The zero-order valence-electron chi connectivity index (χ0n) is 16.8. The molecule has 1 aliphatic heterocycles. The van der Waals surface area contributed by atoms with Gasteiger partial charge < -0.3 is 10.2 Å². The van der Waals surface area contributed by atoms with Crippen LogP contribution in [0.25, 0.3) is 0 Å². The van der Waals surface area contributed by atoms with E-state index in [-0.39, 0.29) is 24.1 Å². The average molecular weight is 405 g/mol. The Hall–Kier alpha value is -1.39. The predicted molar refractivity (Wildman–Crippen MR) is 114 cm³/mol. The molecule has 1 aromatic rings. The van der Waals surface area contributed by atoms with Crippen LogP contribution in [-0.4, -0.2) is 42.3 Å². The number of hydrogen-bond donors (Lipinski definition) is 1. The molecule has 0 spiro atoms. The van der Waals surface area contributed by atoms with Gasteiger partial charge in [-0.1, -0.05) is 12.1 Å². The summed E-state index contributed by atoms with van der Waals surface area (Å²) in [6.45, 7) is 2.80. The molecule has 1 N–H and O–H groups in total. The van der Waals surface area contributed by atoms with Gasteiger partial charge in [-0.2, -0.15) is 0 Å². The van der Waals surface area contributed by atoms with Gasteiger partial charge in [0.25, 0.3) is 0 Å². The normalized spacial score (nSPS) is 19.6. The standard InChI is InChI=1S/C23H32N2O2.ClH/c26-22(20-8-7-18-3-1-2-4-19(18)15-20)9-10-23(27)25-13-11-21(12-14-25)24-16-17-5-6-17;/h7-8,15,17,21,24H,1-6,9-14,16H2;1H. The van der Waals surface area contributed by atoms with E-state index in [4.69, 9.17) is 0 Å². The SMILES string of the molecule is Cl.O=C(CCC(=O)N1CCC(NCC2CC2)CC1)c1ccc2c(c1)CCCC2. The highest BCUT2D eigenvalue weighted by atomic mass is 35.5. The Bertz CT molecular complexity index is 694. The van der Waals surface area contributed by atoms with Gasteiger partial charge in [-0.25, -0.2) is 0 Å². The first kappa shape index (κ1) is 21.3. The van der Waals surface area contributed by atoms with Gasteiger partial charge in [0.05, 0.1) is 0 Å². The number of benzene rings is 1. The lowest BCUT2D eigenvalue weighted by molar-refractivity contribution is -0.132. The summed E-state index contributed by atoms with van der Waals surface area (Å²) in [6.07, 6.45) is 10.2. The Morgan fingerprint density at radius 1 is 0.964 bits per heavy atom. The van der Waals surface area contributed by atoms with Crippen LogP contribution < -0.4 is 5.32 Å². The van der Waals surface area contributed by atoms with Gasteiger partial charge in [0.2, 0.25) is 5.91 Å². The number of nitrogens with one attached hydrogen (secondary N) is 1. The second kappa shape index (κ2) is 9.89. The van der Waals surface area contributed by atoms with Crippen molar-refractivity contribution in [3.8, 4) is 0 Å². The van der Waals surface area contributed by atoms with Crippen LogP contribution in [0.1, 0.15) is 72.9 Å². The molecule has 4 nitrogen and oxygen atoms in total. The maximum Gasteiger partial charge on any atom is 0.223 e. The van der Waals surface area contributed by atoms with Crippen molar-refractivity contribution in [1.82, 2.24) is 10.2 Å². The fourth-order valence-corrected chi connectivity index (χ4v) is 4.42. The van der Waals surface area contributed by atoms with Crippen LogP contribution in [0.2, 0.25) is 0 Å². The summed E-state index contributed by atoms with van der Waals surface area (Å²) in [5.74, 6) is 1.15. The number of piperidine rings is 1. The van der Waals surface area contributed by atoms with Crippen molar-refractivity contribution >= 4 is 24.1 Å². The monoisotopic (exact) mass is 404 g/mol. The quantitative estimate of drug-likeness (QED) is 0.700. The number of amides is 1. The highest BCUT2D eigenvalue weighted by Crippen LogP contribution is 2.28. The van der Waals surface area contributed by atoms with Gasteiger partial charge in [0, 0.05) is 37.5 Å². The Morgan fingerprint density at radius 3 is 2.39 bits per heavy atom. The summed E-state index contributed by atoms with van der Waals surface area (Å²) in [6, 6.07) is 6.70. The van der Waals surface area contributed by atoms with E-state index in [9.17, 15) is 9.59 Å². The molecule has 154 valence electrons. The number of ketones is 1. The number of likely N-dealkylation sites (tertiary alicyclic amines) is 1. The molecule has 28 heavy (non-hydrogen) atoms. The fraction of sp³-hybridized carbons (Fsp3) is 0.652. The van der Waals surface area contributed by atoms with Gasteiger partial charge >= 0.3 is 0 Å². The maximum absolute atomic E-state index is 12.5. The number of halogens is 1. The molecule has 3 aliphatic rings. The number of rotatable bonds is 7. The lowest BCUT2D eigenvalue weighted by Gasteiger charge is -2.32. The second-order valence-electron chi connectivity index (χ2n) is 8.62. The predicted octanol–water partition coefficient (Wildman–Crippen LogP) is 3.94. The molecular weight excluding hydrogens is 372 g/mol. The van der Waals surface area contributed by atoms with Crippen molar-refractivity contribution in [3.05, 3.63) is 34.9 Å². The first-order chi connectivity index (χ1) is 13.2. The second-order valence-corrected chi connectivity index (χ2v) is 8.62. The largest absolute Gasteiger partial charge is 0.343 e. The van der Waals surface area contributed by atoms with E-state index in [0.29, 0.717) is 18.9 Å². The number of aryl methyl sites for hydroxylation is 2. The molecule has 1 heterocycles. The van der Waals surface area contributed by atoms with Crippen LogP contribution in [0.4, 0.5) is 0 Å². The Labute approximate surface area is 174 Å². The summed E-state index contributed by atoms with van der Waals surface area (Å²) in [4.78, 5) is 27.0. The fourth-order valence-electron chi connectivity index (χ4n) is 4.42. The van der Waals surface area contributed by atoms with E-state index >= 15 is 0 Å². The molecule has 2 aliphatic carbocycles. The van der Waals surface area contributed by atoms with Crippen LogP contribution in [0.5, 0.6) is 0 Å². The summed E-state index contributed by atoms with van der Waals surface area (Å²) in [7, 11) is 0. The van der Waals surface area contributed by atoms with Crippen LogP contribution in [0.3, 0.4) is 0 Å². The van der Waals surface area contributed by atoms with E-state index in [1.54, 1.807) is 0 Å². The summed E-state index contributed by atoms with van der Waals surface area (Å²) >= 11 is 0. The topological polar surface area (TPSA) is 49.4 Å². The Kier molecular flexibility index (Phi) is 7.53. The molecule has 0 bridgehead atoms. The number of Topliss-reactive ketones (excluding diaryl/α,β-unsaturated/α-hetero) is 1. The molecular formula is C23H33ClN2O2. The molecule has 1 saturated heterocycles. The first-order valence-electron chi connectivity index (χ1n) is 10.9. The van der Waals surface area contributed by atoms with Gasteiger partial charge in [-0.15, -0.1) is 12.4 Å². The van der Waals surface area contributed by atoms with E-state index < -0.39 is 0 Å². The van der Waals surface area contributed by atoms with Gasteiger partial charge in [0.1, 0.15) is 0 Å². The van der Waals surface area contributed by atoms with Gasteiger partial charge in [-0.05, 0) is 81.0 Å². The molecule has 1 saturated carbocycles. The molecule has 1 amide bonds. The van der Waals surface area contributed by atoms with E-state index in [2.05, 4.69) is 17.4 Å². The van der Waals surface area contributed by atoms with Gasteiger partial charge in [0.15, 0.2) is 5.78 Å². The van der Waals surface area contributed by atoms with Crippen LogP contribution >= 0.6 is 12.4 Å². The van der Waals surface area contributed by atoms with E-state index in [0.717, 1.165) is 56.8 Å². The Balaban J connectivity index is 0.00000225. The summed E-state index contributed by atoms with van der Waals surface area (Å²) < 4.78 is 0. The number of hydrogen-bond acceptors (Lipinski definition) is 3. The zero-order valence-corrected chi connectivity index (χ0v) is 17.6. The number of carbonyl (C=O) groups is 2. The maximum atomic E-state index is 12.5. The van der Waals surface area contributed by atoms with Gasteiger partial charge in [-0.3, -0.25) is 9.59 Å². The third kappa shape index (κ3) is 5.57. The Morgan fingerprint density at radius 2 is 1.68 bits per heavy atom. The molecule has 0 radical (unpaired) electrons. The molecule has 4 rings (SSSR count). The third-order valence-electron chi connectivity index (χ3n) is 6.48. The van der Waals surface area contributed by atoms with Crippen molar-refractivity contribution in [1.29, 1.82) is 0 Å². The average Bonchev–Trinajstić information content (AvgIpc) is 3.55. The van der Waals surface area contributed by atoms with Crippen LogP contribution in [0, 0.1) is 5.92 Å². The van der Waals surface area contributed by atoms with Crippen LogP contribution in [0.15, 0.2) is 18.2 Å². The number of nitrogens with zero attached hydrogens (tertiary/aromatic N) is 1. The van der Waals surface area contributed by atoms with E-state index in [1.165, 1.54) is 36.8 Å². The minimum absolute atomic E-state index is 0. The molecule has 2 fully saturated rings. The lowest BCUT2D eigenvalue weighted by atomic mass is 9.89. The van der Waals surface area contributed by atoms with Crippen LogP contribution in [-0.2, 0) is 17.6 Å². The zero-order chi connectivity index (χ0) is 18.6. The molecule has 0 unspecified atom stereocenters. The highest BCUT2D eigenvalue weighted by Gasteiger charge is 2.26. The summed E-state index contributed by atoms with van der Waals surface area (Å²) in [5, 5.41) is 3.65. The molecule has 1 aromatic carbocycles. The number of fused-ring (bicyclic) bond motifs is 1. The van der Waals surface area contributed by atoms with Crippen molar-refractivity contribution in [2.45, 2.75) is 70.3 Å². The minimum atomic E-state index is 0. The molecule has 0 atom stereocenters. The first-order valence-corrected chi connectivity index (χ1v) is 10.9. The minimum Gasteiger partial charge on any atom is -0.343 e. The van der Waals surface area contributed by atoms with Crippen molar-refractivity contribution in [3.63, 3.8) is 0 Å². The third-order valence-corrected chi connectivity index (χ3v) is 6.48. The molecule has 0 aromatic heterocycles. The van der Waals surface area contributed by atoms with Crippen molar-refractivity contribution in [2.75, 3.05) is 19.6 Å². The van der Waals surface area contributed by atoms with Crippen molar-refractivity contribution < 1.29 is 9.59 Å². The highest BCUT2D eigenvalue weighted by molar-refractivity contribution is 5.98. The number of carbonyl (C=O) groups excluding carboxylic acids is 2. The van der Waals surface area contributed by atoms with Crippen molar-refractivity contribution in [2.24, 2.45) is 5.92 Å². The lowest BCUT2D eigenvalue weighted by Crippen LogP contribution is -2.45. The van der Waals surface area contributed by atoms with E-state index in [1.807, 2.05) is 11.0 Å².